The van der Waals surface area contributed by atoms with Crippen LogP contribution in [0.2, 0.25) is 0 Å². The maximum absolute atomic E-state index is 11.3. The molecule has 1 aromatic heterocycles. The van der Waals surface area contributed by atoms with Gasteiger partial charge in [-0.1, -0.05) is 0 Å². The zero-order valence-corrected chi connectivity index (χ0v) is 8.19. The molecule has 4 heteroatoms. The number of carbonyl (C=O) groups excluding carboxylic acids is 1. The summed E-state index contributed by atoms with van der Waals surface area (Å²) in [7, 11) is 1.42. The summed E-state index contributed by atoms with van der Waals surface area (Å²) in [6, 6.07) is 1.74. The van der Waals surface area contributed by atoms with E-state index < -0.39 is 0 Å². The summed E-state index contributed by atoms with van der Waals surface area (Å²) in [4.78, 5) is 12.6. The summed E-state index contributed by atoms with van der Waals surface area (Å²) in [6.07, 6.45) is 1.01. The van der Waals surface area contributed by atoms with E-state index in [2.05, 4.69) is 5.32 Å². The van der Waals surface area contributed by atoms with E-state index in [9.17, 15) is 4.79 Å². The minimum atomic E-state index is -0.250. The summed E-state index contributed by atoms with van der Waals surface area (Å²) >= 11 is 1.71. The highest BCUT2D eigenvalue weighted by atomic mass is 32.1. The Kier molecular flexibility index (Phi) is 2.33. The van der Waals surface area contributed by atoms with Gasteiger partial charge in [-0.25, -0.2) is 4.79 Å². The van der Waals surface area contributed by atoms with Crippen molar-refractivity contribution in [1.29, 1.82) is 0 Å². The van der Waals surface area contributed by atoms with Crippen LogP contribution in [0.4, 0.5) is 0 Å². The van der Waals surface area contributed by atoms with Gasteiger partial charge < -0.3 is 10.1 Å². The molecule has 0 unspecified atom stereocenters. The zero-order valence-electron chi connectivity index (χ0n) is 7.37. The van der Waals surface area contributed by atoms with E-state index in [4.69, 9.17) is 4.74 Å². The fourth-order valence-electron chi connectivity index (χ4n) is 1.58. The summed E-state index contributed by atoms with van der Waals surface area (Å²) in [5, 5.41) is 5.17. The van der Waals surface area contributed by atoms with Crippen LogP contribution in [0.25, 0.3) is 0 Å². The number of ether oxygens (including phenoxy) is 1. The first kappa shape index (κ1) is 8.72. The van der Waals surface area contributed by atoms with Gasteiger partial charge in [0.1, 0.15) is 6.04 Å². The maximum atomic E-state index is 11.3. The average Bonchev–Trinajstić information content (AvgIpc) is 2.63. The van der Waals surface area contributed by atoms with E-state index in [0.29, 0.717) is 0 Å². The van der Waals surface area contributed by atoms with Gasteiger partial charge in [0.15, 0.2) is 0 Å². The molecule has 0 aromatic carbocycles. The number of hydrogen-bond donors (Lipinski definition) is 1. The molecule has 13 heavy (non-hydrogen) atoms. The Hall–Kier alpha value is -0.870. The Morgan fingerprint density at radius 2 is 2.62 bits per heavy atom. The van der Waals surface area contributed by atoms with E-state index in [1.54, 1.807) is 11.3 Å². The molecule has 1 N–H and O–H groups in total. The zero-order chi connectivity index (χ0) is 9.26. The number of carbonyl (C=O) groups is 1. The van der Waals surface area contributed by atoms with Crippen LogP contribution in [0.3, 0.4) is 0 Å². The lowest BCUT2D eigenvalue weighted by Crippen LogP contribution is -2.34. The summed E-state index contributed by atoms with van der Waals surface area (Å²) in [6.45, 7) is 0.854. The van der Waals surface area contributed by atoms with Crippen LogP contribution >= 0.6 is 11.3 Å². The summed E-state index contributed by atoms with van der Waals surface area (Å²) in [5.74, 6) is -0.195. The van der Waals surface area contributed by atoms with Crippen molar-refractivity contribution in [3.8, 4) is 0 Å². The van der Waals surface area contributed by atoms with E-state index in [0.717, 1.165) is 18.5 Å². The molecule has 0 aliphatic carbocycles. The van der Waals surface area contributed by atoms with Gasteiger partial charge in [0.2, 0.25) is 0 Å². The number of thiophene rings is 1. The van der Waals surface area contributed by atoms with Gasteiger partial charge in [0.05, 0.1) is 7.11 Å². The SMILES string of the molecule is COC(=O)[C@H]1NCCc2sccc21. The van der Waals surface area contributed by atoms with Gasteiger partial charge in [-0.15, -0.1) is 11.3 Å². The van der Waals surface area contributed by atoms with Crippen LogP contribution in [-0.4, -0.2) is 19.6 Å². The van der Waals surface area contributed by atoms with E-state index in [-0.39, 0.29) is 12.0 Å². The van der Waals surface area contributed by atoms with Gasteiger partial charge >= 0.3 is 5.97 Å². The molecule has 3 nitrogen and oxygen atoms in total. The van der Waals surface area contributed by atoms with Crippen LogP contribution in [0.1, 0.15) is 16.5 Å². The lowest BCUT2D eigenvalue weighted by Gasteiger charge is -2.21. The molecule has 2 rings (SSSR count). The Bertz CT molecular complexity index is 321. The third-order valence-electron chi connectivity index (χ3n) is 2.23. The quantitative estimate of drug-likeness (QED) is 0.685. The fourth-order valence-corrected chi connectivity index (χ4v) is 2.50. The first-order valence-corrected chi connectivity index (χ1v) is 5.08. The molecule has 0 saturated heterocycles. The molecule has 0 radical (unpaired) electrons. The number of methoxy groups -OCH3 is 1. The van der Waals surface area contributed by atoms with Gasteiger partial charge in [-0.2, -0.15) is 0 Å². The van der Waals surface area contributed by atoms with E-state index in [1.165, 1.54) is 12.0 Å². The van der Waals surface area contributed by atoms with Gasteiger partial charge in [-0.05, 0) is 23.4 Å². The van der Waals surface area contributed by atoms with Gasteiger partial charge in [-0.3, -0.25) is 0 Å². The smallest absolute Gasteiger partial charge is 0.327 e. The third kappa shape index (κ3) is 1.47. The highest BCUT2D eigenvalue weighted by Crippen LogP contribution is 2.27. The molecule has 1 aliphatic heterocycles. The molecule has 0 spiro atoms. The molecule has 0 bridgehead atoms. The number of fused-ring (bicyclic) bond motifs is 1. The number of hydrogen-bond acceptors (Lipinski definition) is 4. The molecular weight excluding hydrogens is 186 g/mol. The Labute approximate surface area is 80.7 Å². The number of rotatable bonds is 1. The maximum Gasteiger partial charge on any atom is 0.327 e. The third-order valence-corrected chi connectivity index (χ3v) is 3.22. The Balaban J connectivity index is 2.30. The minimum absolute atomic E-state index is 0.195. The predicted octanol–water partition coefficient (Wildman–Crippen LogP) is 1.11. The topological polar surface area (TPSA) is 38.3 Å². The second-order valence-electron chi connectivity index (χ2n) is 2.96. The van der Waals surface area contributed by atoms with Crippen LogP contribution in [0, 0.1) is 0 Å². The van der Waals surface area contributed by atoms with Crippen LogP contribution in [-0.2, 0) is 16.0 Å². The molecule has 70 valence electrons. The summed E-state index contributed by atoms with van der Waals surface area (Å²) < 4.78 is 4.72. The molecule has 1 aromatic rings. The minimum Gasteiger partial charge on any atom is -0.468 e. The lowest BCUT2D eigenvalue weighted by atomic mass is 10.0. The summed E-state index contributed by atoms with van der Waals surface area (Å²) in [5.41, 5.74) is 1.09. The van der Waals surface area contributed by atoms with Crippen LogP contribution < -0.4 is 5.32 Å². The molecule has 2 heterocycles. The molecule has 0 saturated carbocycles. The van der Waals surface area contributed by atoms with Crippen molar-refractivity contribution in [2.24, 2.45) is 0 Å². The lowest BCUT2D eigenvalue weighted by molar-refractivity contribution is -0.143. The van der Waals surface area contributed by atoms with Crippen molar-refractivity contribution < 1.29 is 9.53 Å². The van der Waals surface area contributed by atoms with Crippen molar-refractivity contribution in [2.75, 3.05) is 13.7 Å². The van der Waals surface area contributed by atoms with Crippen molar-refractivity contribution >= 4 is 17.3 Å². The standard InChI is InChI=1S/C9H11NO2S/c1-12-9(11)8-6-3-5-13-7(6)2-4-10-8/h3,5,8,10H,2,4H2,1H3/t8-/m0/s1. The second-order valence-corrected chi connectivity index (χ2v) is 3.96. The monoisotopic (exact) mass is 197 g/mol. The second kappa shape index (κ2) is 3.47. The largest absolute Gasteiger partial charge is 0.468 e. The number of esters is 1. The normalized spacial score (nSPS) is 20.8. The first-order valence-electron chi connectivity index (χ1n) is 4.20. The van der Waals surface area contributed by atoms with Crippen molar-refractivity contribution in [3.05, 3.63) is 21.9 Å². The Morgan fingerprint density at radius 3 is 3.38 bits per heavy atom. The molecule has 1 atom stereocenters. The van der Waals surface area contributed by atoms with E-state index >= 15 is 0 Å². The predicted molar refractivity (Wildman–Crippen MR) is 50.8 cm³/mol. The highest BCUT2D eigenvalue weighted by molar-refractivity contribution is 7.10. The van der Waals surface area contributed by atoms with Crippen molar-refractivity contribution in [3.63, 3.8) is 0 Å². The van der Waals surface area contributed by atoms with Gasteiger partial charge in [0, 0.05) is 11.4 Å². The molecule has 0 fully saturated rings. The van der Waals surface area contributed by atoms with Crippen LogP contribution in [0.15, 0.2) is 11.4 Å². The van der Waals surface area contributed by atoms with Crippen molar-refractivity contribution in [2.45, 2.75) is 12.5 Å². The van der Waals surface area contributed by atoms with E-state index in [1.807, 2.05) is 11.4 Å². The Morgan fingerprint density at radius 1 is 1.77 bits per heavy atom. The van der Waals surface area contributed by atoms with Crippen LogP contribution in [0.5, 0.6) is 0 Å². The molecule has 1 aliphatic rings. The highest BCUT2D eigenvalue weighted by Gasteiger charge is 2.27. The average molecular weight is 197 g/mol. The molecule has 0 amide bonds. The fraction of sp³-hybridized carbons (Fsp3) is 0.444. The first-order chi connectivity index (χ1) is 6.33. The van der Waals surface area contributed by atoms with Crippen molar-refractivity contribution in [1.82, 2.24) is 5.32 Å². The number of nitrogens with one attached hydrogen (secondary N) is 1. The van der Waals surface area contributed by atoms with Gasteiger partial charge in [0.25, 0.3) is 0 Å². The molecular formula is C9H11NO2S.